The predicted molar refractivity (Wildman–Crippen MR) is 96.9 cm³/mol. The molecule has 0 N–H and O–H groups in total. The highest BCUT2D eigenvalue weighted by Crippen LogP contribution is 2.25. The Bertz CT molecular complexity index is 715. The number of amides is 1. The molecular formula is C18H25N7O. The fraction of sp³-hybridized carbons (Fsp3) is 0.611. The Morgan fingerprint density at radius 1 is 1.00 bits per heavy atom. The van der Waals surface area contributed by atoms with E-state index in [0.717, 1.165) is 63.6 Å². The van der Waals surface area contributed by atoms with Gasteiger partial charge in [-0.05, 0) is 43.7 Å². The number of carbonyl (C=O) groups is 1. The Balaban J connectivity index is 1.32. The van der Waals surface area contributed by atoms with E-state index in [1.54, 1.807) is 11.0 Å². The summed E-state index contributed by atoms with van der Waals surface area (Å²) in [6.07, 6.45) is 7.12. The van der Waals surface area contributed by atoms with Crippen molar-refractivity contribution in [2.24, 2.45) is 11.8 Å². The van der Waals surface area contributed by atoms with Gasteiger partial charge >= 0.3 is 0 Å². The van der Waals surface area contributed by atoms with Gasteiger partial charge in [0.25, 0.3) is 0 Å². The summed E-state index contributed by atoms with van der Waals surface area (Å²) >= 11 is 0. The standard InChI is InChI=1S/C18H25N7O/c1-14-4-8-24(9-5-14)18(26)15-6-10-23(11-7-15)16-2-3-17(22-21-16)25-13-19-12-20-25/h2-3,12-15H,4-11H2,1H3. The molecule has 4 heterocycles. The number of anilines is 1. The number of hydrogen-bond acceptors (Lipinski definition) is 6. The van der Waals surface area contributed by atoms with Gasteiger partial charge in [-0.2, -0.15) is 5.10 Å². The molecular weight excluding hydrogens is 330 g/mol. The molecule has 8 heteroatoms. The van der Waals surface area contributed by atoms with Crippen molar-refractivity contribution < 1.29 is 4.79 Å². The monoisotopic (exact) mass is 355 g/mol. The average molecular weight is 355 g/mol. The number of likely N-dealkylation sites (tertiary alicyclic amines) is 1. The number of nitrogens with zero attached hydrogens (tertiary/aromatic N) is 7. The highest BCUT2D eigenvalue weighted by Gasteiger charge is 2.30. The molecule has 138 valence electrons. The van der Waals surface area contributed by atoms with E-state index >= 15 is 0 Å². The summed E-state index contributed by atoms with van der Waals surface area (Å²) in [5.41, 5.74) is 0. The molecule has 0 aliphatic carbocycles. The third kappa shape index (κ3) is 3.54. The van der Waals surface area contributed by atoms with Crippen LogP contribution in [0.15, 0.2) is 24.8 Å². The smallest absolute Gasteiger partial charge is 0.225 e. The molecule has 0 unspecified atom stereocenters. The molecule has 0 aromatic carbocycles. The summed E-state index contributed by atoms with van der Waals surface area (Å²) in [6, 6.07) is 3.85. The minimum absolute atomic E-state index is 0.155. The number of rotatable bonds is 3. The first kappa shape index (κ1) is 16.9. The molecule has 2 saturated heterocycles. The Hall–Kier alpha value is -2.51. The topological polar surface area (TPSA) is 80.0 Å². The van der Waals surface area contributed by atoms with Crippen molar-refractivity contribution in [2.45, 2.75) is 32.6 Å². The van der Waals surface area contributed by atoms with Crippen LogP contribution in [0, 0.1) is 11.8 Å². The molecule has 0 atom stereocenters. The van der Waals surface area contributed by atoms with Crippen LogP contribution in [0.4, 0.5) is 5.82 Å². The van der Waals surface area contributed by atoms with E-state index in [2.05, 4.69) is 37.0 Å². The van der Waals surface area contributed by atoms with Crippen molar-refractivity contribution in [1.82, 2.24) is 29.9 Å². The Kier molecular flexibility index (Phi) is 4.81. The molecule has 4 rings (SSSR count). The van der Waals surface area contributed by atoms with Gasteiger partial charge in [-0.25, -0.2) is 9.67 Å². The lowest BCUT2D eigenvalue weighted by atomic mass is 9.92. The fourth-order valence-electron chi connectivity index (χ4n) is 3.78. The van der Waals surface area contributed by atoms with Crippen molar-refractivity contribution >= 4 is 11.7 Å². The maximum Gasteiger partial charge on any atom is 0.225 e. The highest BCUT2D eigenvalue weighted by molar-refractivity contribution is 5.79. The van der Waals surface area contributed by atoms with E-state index in [0.29, 0.717) is 11.7 Å². The molecule has 8 nitrogen and oxygen atoms in total. The van der Waals surface area contributed by atoms with Crippen LogP contribution < -0.4 is 4.90 Å². The van der Waals surface area contributed by atoms with Gasteiger partial charge in [0.05, 0.1) is 0 Å². The van der Waals surface area contributed by atoms with E-state index in [1.807, 2.05) is 12.1 Å². The third-order valence-electron chi connectivity index (χ3n) is 5.55. The lowest BCUT2D eigenvalue weighted by Gasteiger charge is -2.37. The van der Waals surface area contributed by atoms with Gasteiger partial charge in [-0.3, -0.25) is 4.79 Å². The summed E-state index contributed by atoms with van der Waals surface area (Å²) < 4.78 is 1.58. The summed E-state index contributed by atoms with van der Waals surface area (Å²) in [7, 11) is 0. The number of aromatic nitrogens is 5. The largest absolute Gasteiger partial charge is 0.355 e. The Labute approximate surface area is 153 Å². The molecule has 0 radical (unpaired) electrons. The average Bonchev–Trinajstić information content (AvgIpc) is 3.23. The molecule has 2 aliphatic rings. The fourth-order valence-corrected chi connectivity index (χ4v) is 3.78. The highest BCUT2D eigenvalue weighted by atomic mass is 16.2. The molecule has 26 heavy (non-hydrogen) atoms. The van der Waals surface area contributed by atoms with Crippen molar-refractivity contribution in [3.05, 3.63) is 24.8 Å². The molecule has 1 amide bonds. The molecule has 2 aromatic rings. The van der Waals surface area contributed by atoms with Crippen molar-refractivity contribution in [1.29, 1.82) is 0 Å². The van der Waals surface area contributed by atoms with E-state index < -0.39 is 0 Å². The van der Waals surface area contributed by atoms with Crippen LogP contribution in [0.2, 0.25) is 0 Å². The third-order valence-corrected chi connectivity index (χ3v) is 5.55. The molecule has 0 saturated carbocycles. The van der Waals surface area contributed by atoms with Gasteiger partial charge in [-0.1, -0.05) is 6.92 Å². The van der Waals surface area contributed by atoms with Crippen LogP contribution in [0.5, 0.6) is 0 Å². The van der Waals surface area contributed by atoms with Crippen LogP contribution in [0.3, 0.4) is 0 Å². The van der Waals surface area contributed by atoms with Crippen molar-refractivity contribution in [2.75, 3.05) is 31.1 Å². The van der Waals surface area contributed by atoms with E-state index in [-0.39, 0.29) is 5.92 Å². The van der Waals surface area contributed by atoms with E-state index in [9.17, 15) is 4.79 Å². The van der Waals surface area contributed by atoms with E-state index in [4.69, 9.17) is 0 Å². The molecule has 2 aliphatic heterocycles. The lowest BCUT2D eigenvalue weighted by Crippen LogP contribution is -2.45. The SMILES string of the molecule is CC1CCN(C(=O)C2CCN(c3ccc(-n4cncn4)nn3)CC2)CC1. The minimum atomic E-state index is 0.155. The first-order valence-corrected chi connectivity index (χ1v) is 9.43. The molecule has 2 fully saturated rings. The van der Waals surface area contributed by atoms with Gasteiger partial charge in [0.2, 0.25) is 5.91 Å². The van der Waals surface area contributed by atoms with Crippen LogP contribution in [0.25, 0.3) is 5.82 Å². The lowest BCUT2D eigenvalue weighted by molar-refractivity contribution is -0.137. The van der Waals surface area contributed by atoms with Gasteiger partial charge in [0, 0.05) is 32.1 Å². The Morgan fingerprint density at radius 3 is 2.31 bits per heavy atom. The van der Waals surface area contributed by atoms with Gasteiger partial charge < -0.3 is 9.80 Å². The zero-order chi connectivity index (χ0) is 17.9. The molecule has 0 spiro atoms. The Morgan fingerprint density at radius 2 is 1.69 bits per heavy atom. The molecule has 2 aromatic heterocycles. The normalized spacial score (nSPS) is 19.7. The van der Waals surface area contributed by atoms with Crippen LogP contribution >= 0.6 is 0 Å². The van der Waals surface area contributed by atoms with Crippen LogP contribution in [-0.4, -0.2) is 61.9 Å². The van der Waals surface area contributed by atoms with Crippen molar-refractivity contribution in [3.63, 3.8) is 0 Å². The first-order chi connectivity index (χ1) is 12.7. The second-order valence-electron chi connectivity index (χ2n) is 7.36. The van der Waals surface area contributed by atoms with Gasteiger partial charge in [-0.15, -0.1) is 10.2 Å². The number of carbonyl (C=O) groups excluding carboxylic acids is 1. The first-order valence-electron chi connectivity index (χ1n) is 9.43. The van der Waals surface area contributed by atoms with Gasteiger partial charge in [0.15, 0.2) is 11.6 Å². The number of piperidine rings is 2. The van der Waals surface area contributed by atoms with Crippen LogP contribution in [-0.2, 0) is 4.79 Å². The minimum Gasteiger partial charge on any atom is -0.355 e. The second-order valence-corrected chi connectivity index (χ2v) is 7.36. The second kappa shape index (κ2) is 7.39. The zero-order valence-corrected chi connectivity index (χ0v) is 15.2. The molecule has 0 bridgehead atoms. The quantitative estimate of drug-likeness (QED) is 0.831. The number of hydrogen-bond donors (Lipinski definition) is 0. The maximum absolute atomic E-state index is 12.7. The van der Waals surface area contributed by atoms with Crippen molar-refractivity contribution in [3.8, 4) is 5.82 Å². The predicted octanol–water partition coefficient (Wildman–Crippen LogP) is 1.53. The summed E-state index contributed by atoms with van der Waals surface area (Å²) in [6.45, 7) is 5.82. The summed E-state index contributed by atoms with van der Waals surface area (Å²) in [5, 5.41) is 12.6. The maximum atomic E-state index is 12.7. The zero-order valence-electron chi connectivity index (χ0n) is 15.2. The van der Waals surface area contributed by atoms with E-state index in [1.165, 1.54) is 6.33 Å². The van der Waals surface area contributed by atoms with Gasteiger partial charge in [0.1, 0.15) is 12.7 Å². The van der Waals surface area contributed by atoms with Crippen LogP contribution in [0.1, 0.15) is 32.6 Å². The summed E-state index contributed by atoms with van der Waals surface area (Å²) in [5.74, 6) is 2.76. The summed E-state index contributed by atoms with van der Waals surface area (Å²) in [4.78, 5) is 20.9.